The van der Waals surface area contributed by atoms with E-state index in [1.54, 1.807) is 0 Å². The first-order valence-corrected chi connectivity index (χ1v) is 6.50. The fourth-order valence-electron chi connectivity index (χ4n) is 2.12. The van der Waals surface area contributed by atoms with E-state index >= 15 is 0 Å². The molecule has 0 aliphatic carbocycles. The van der Waals surface area contributed by atoms with Crippen molar-refractivity contribution >= 4 is 5.91 Å². The molecular weight excluding hydrogens is 228 g/mol. The van der Waals surface area contributed by atoms with Crippen LogP contribution in [0, 0.1) is 0 Å². The number of nitrogens with two attached hydrogens (primary N) is 1. The van der Waals surface area contributed by atoms with Gasteiger partial charge >= 0.3 is 0 Å². The highest BCUT2D eigenvalue weighted by molar-refractivity contribution is 5.82. The lowest BCUT2D eigenvalue weighted by molar-refractivity contribution is -0.123. The monoisotopic (exact) mass is 248 g/mol. The van der Waals surface area contributed by atoms with E-state index in [4.69, 9.17) is 10.5 Å². The van der Waals surface area contributed by atoms with Gasteiger partial charge in [-0.3, -0.25) is 4.79 Å². The van der Waals surface area contributed by atoms with Crippen LogP contribution >= 0.6 is 0 Å². The summed E-state index contributed by atoms with van der Waals surface area (Å²) in [6.45, 7) is 2.58. The fraction of sp³-hybridized carbons (Fsp3) is 0.500. The van der Waals surface area contributed by atoms with Crippen LogP contribution in [0.4, 0.5) is 0 Å². The third-order valence-electron chi connectivity index (χ3n) is 3.22. The van der Waals surface area contributed by atoms with Gasteiger partial charge in [0, 0.05) is 5.56 Å². The van der Waals surface area contributed by atoms with E-state index < -0.39 is 6.04 Å². The molecule has 0 fully saturated rings. The summed E-state index contributed by atoms with van der Waals surface area (Å²) in [4.78, 5) is 11.9. The normalized spacial score (nSPS) is 18.9. The van der Waals surface area contributed by atoms with Crippen molar-refractivity contribution in [1.82, 2.24) is 5.32 Å². The number of hydrogen-bond donors (Lipinski definition) is 2. The number of ether oxygens (including phenoxy) is 1. The first-order chi connectivity index (χ1) is 8.72. The minimum absolute atomic E-state index is 0.0682. The predicted octanol–water partition coefficient (Wildman–Crippen LogP) is 1.75. The van der Waals surface area contributed by atoms with Crippen molar-refractivity contribution in [2.75, 3.05) is 6.61 Å². The number of amides is 1. The molecule has 4 nitrogen and oxygen atoms in total. The molecule has 0 aromatic heterocycles. The van der Waals surface area contributed by atoms with Crippen molar-refractivity contribution in [3.63, 3.8) is 0 Å². The SMILES string of the molecule is CCCCC(N)C(=O)NC1COc2ccccc21. The Labute approximate surface area is 108 Å². The molecule has 1 aromatic carbocycles. The molecule has 2 unspecified atom stereocenters. The Morgan fingerprint density at radius 3 is 3.11 bits per heavy atom. The van der Waals surface area contributed by atoms with Crippen LogP contribution in [0.2, 0.25) is 0 Å². The number of nitrogens with one attached hydrogen (secondary N) is 1. The van der Waals surface area contributed by atoms with E-state index in [1.165, 1.54) is 0 Å². The number of unbranched alkanes of at least 4 members (excludes halogenated alkanes) is 1. The third-order valence-corrected chi connectivity index (χ3v) is 3.22. The zero-order valence-corrected chi connectivity index (χ0v) is 10.7. The number of benzene rings is 1. The largest absolute Gasteiger partial charge is 0.491 e. The van der Waals surface area contributed by atoms with Crippen LogP contribution in [-0.2, 0) is 4.79 Å². The lowest BCUT2D eigenvalue weighted by atomic mass is 10.1. The first kappa shape index (κ1) is 12.9. The van der Waals surface area contributed by atoms with Gasteiger partial charge in [-0.2, -0.15) is 0 Å². The van der Waals surface area contributed by atoms with Gasteiger partial charge in [0.1, 0.15) is 12.4 Å². The summed E-state index contributed by atoms with van der Waals surface area (Å²) in [7, 11) is 0. The quantitative estimate of drug-likeness (QED) is 0.834. The maximum absolute atomic E-state index is 11.9. The molecule has 0 bridgehead atoms. The lowest BCUT2D eigenvalue weighted by Crippen LogP contribution is -2.42. The van der Waals surface area contributed by atoms with Gasteiger partial charge < -0.3 is 15.8 Å². The zero-order valence-electron chi connectivity index (χ0n) is 10.7. The summed E-state index contributed by atoms with van der Waals surface area (Å²) in [6.07, 6.45) is 2.76. The van der Waals surface area contributed by atoms with Crippen molar-refractivity contribution in [3.8, 4) is 5.75 Å². The van der Waals surface area contributed by atoms with E-state index in [-0.39, 0.29) is 11.9 Å². The van der Waals surface area contributed by atoms with Crippen molar-refractivity contribution in [2.45, 2.75) is 38.3 Å². The minimum atomic E-state index is -0.419. The van der Waals surface area contributed by atoms with E-state index in [0.29, 0.717) is 6.61 Å². The Kier molecular flexibility index (Phi) is 4.20. The van der Waals surface area contributed by atoms with Gasteiger partial charge in [-0.15, -0.1) is 0 Å². The summed E-state index contributed by atoms with van der Waals surface area (Å²) >= 11 is 0. The van der Waals surface area contributed by atoms with E-state index in [0.717, 1.165) is 30.6 Å². The van der Waals surface area contributed by atoms with E-state index in [2.05, 4.69) is 12.2 Å². The molecule has 1 aromatic rings. The van der Waals surface area contributed by atoms with Gasteiger partial charge in [0.25, 0.3) is 0 Å². The molecule has 1 aliphatic heterocycles. The van der Waals surface area contributed by atoms with E-state index in [1.807, 2.05) is 24.3 Å². The Hall–Kier alpha value is -1.55. The molecule has 0 spiro atoms. The fourth-order valence-corrected chi connectivity index (χ4v) is 2.12. The number of fused-ring (bicyclic) bond motifs is 1. The topological polar surface area (TPSA) is 64.4 Å². The molecule has 1 amide bonds. The van der Waals surface area contributed by atoms with Gasteiger partial charge in [0.15, 0.2) is 0 Å². The molecule has 98 valence electrons. The Morgan fingerprint density at radius 1 is 1.56 bits per heavy atom. The van der Waals surface area contributed by atoms with Crippen LogP contribution in [0.25, 0.3) is 0 Å². The van der Waals surface area contributed by atoms with Crippen molar-refractivity contribution in [1.29, 1.82) is 0 Å². The summed E-state index contributed by atoms with van der Waals surface area (Å²) in [5.41, 5.74) is 6.88. The highest BCUT2D eigenvalue weighted by Gasteiger charge is 2.26. The van der Waals surface area contributed by atoms with Gasteiger partial charge in [0.05, 0.1) is 12.1 Å². The second kappa shape index (κ2) is 5.87. The average molecular weight is 248 g/mol. The first-order valence-electron chi connectivity index (χ1n) is 6.50. The number of para-hydroxylation sites is 1. The maximum Gasteiger partial charge on any atom is 0.237 e. The Morgan fingerprint density at radius 2 is 2.33 bits per heavy atom. The van der Waals surface area contributed by atoms with Crippen LogP contribution in [-0.4, -0.2) is 18.6 Å². The predicted molar refractivity (Wildman–Crippen MR) is 70.3 cm³/mol. The zero-order chi connectivity index (χ0) is 13.0. The second-order valence-corrected chi connectivity index (χ2v) is 4.66. The molecule has 0 radical (unpaired) electrons. The van der Waals surface area contributed by atoms with Crippen molar-refractivity contribution < 1.29 is 9.53 Å². The number of hydrogen-bond acceptors (Lipinski definition) is 3. The van der Waals surface area contributed by atoms with Crippen LogP contribution < -0.4 is 15.8 Å². The second-order valence-electron chi connectivity index (χ2n) is 4.66. The summed E-state index contributed by atoms with van der Waals surface area (Å²) < 4.78 is 5.52. The smallest absolute Gasteiger partial charge is 0.237 e. The Balaban J connectivity index is 1.93. The number of carbonyl (C=O) groups excluding carboxylic acids is 1. The van der Waals surface area contributed by atoms with Gasteiger partial charge in [-0.1, -0.05) is 38.0 Å². The van der Waals surface area contributed by atoms with Gasteiger partial charge in [-0.25, -0.2) is 0 Å². The van der Waals surface area contributed by atoms with Crippen LogP contribution in [0.1, 0.15) is 37.8 Å². The molecule has 1 aliphatic rings. The molecular formula is C14H20N2O2. The number of rotatable bonds is 5. The highest BCUT2D eigenvalue weighted by Crippen LogP contribution is 2.31. The van der Waals surface area contributed by atoms with Crippen molar-refractivity contribution in [2.24, 2.45) is 5.73 Å². The summed E-state index contributed by atoms with van der Waals surface area (Å²) in [5.74, 6) is 0.763. The third kappa shape index (κ3) is 2.82. The van der Waals surface area contributed by atoms with Gasteiger partial charge in [0.2, 0.25) is 5.91 Å². The highest BCUT2D eigenvalue weighted by atomic mass is 16.5. The van der Waals surface area contributed by atoms with Crippen molar-refractivity contribution in [3.05, 3.63) is 29.8 Å². The standard InChI is InChI=1S/C14H20N2O2/c1-2-3-7-11(15)14(17)16-12-9-18-13-8-5-4-6-10(12)13/h4-6,8,11-12H,2-3,7,9,15H2,1H3,(H,16,17). The minimum Gasteiger partial charge on any atom is -0.491 e. The van der Waals surface area contributed by atoms with Crippen LogP contribution in [0.5, 0.6) is 5.75 Å². The average Bonchev–Trinajstić information content (AvgIpc) is 2.79. The number of carbonyl (C=O) groups is 1. The Bertz CT molecular complexity index is 420. The van der Waals surface area contributed by atoms with E-state index in [9.17, 15) is 4.79 Å². The molecule has 4 heteroatoms. The molecule has 2 atom stereocenters. The van der Waals surface area contributed by atoms with Crippen LogP contribution in [0.3, 0.4) is 0 Å². The molecule has 1 heterocycles. The maximum atomic E-state index is 11.9. The van der Waals surface area contributed by atoms with Gasteiger partial charge in [-0.05, 0) is 12.5 Å². The van der Waals surface area contributed by atoms with Crippen LogP contribution in [0.15, 0.2) is 24.3 Å². The lowest BCUT2D eigenvalue weighted by Gasteiger charge is -2.16. The summed E-state index contributed by atoms with van der Waals surface area (Å²) in [6, 6.07) is 7.28. The molecule has 0 saturated carbocycles. The molecule has 3 N–H and O–H groups in total. The molecule has 18 heavy (non-hydrogen) atoms. The summed E-state index contributed by atoms with van der Waals surface area (Å²) in [5, 5.41) is 2.95. The molecule has 0 saturated heterocycles. The molecule has 2 rings (SSSR count).